The Morgan fingerprint density at radius 3 is 2.79 bits per heavy atom. The van der Waals surface area contributed by atoms with Crippen molar-refractivity contribution in [2.24, 2.45) is 5.84 Å². The van der Waals surface area contributed by atoms with Crippen LogP contribution in [0.1, 0.15) is 28.3 Å². The van der Waals surface area contributed by atoms with Gasteiger partial charge in [-0.05, 0) is 12.8 Å². The fourth-order valence-electron chi connectivity index (χ4n) is 2.50. The average Bonchev–Trinajstić information content (AvgIpc) is 3.19. The number of rotatable bonds is 4. The van der Waals surface area contributed by atoms with Gasteiger partial charge in [-0.1, -0.05) is 0 Å². The van der Waals surface area contributed by atoms with Crippen molar-refractivity contribution >= 4 is 17.2 Å². The lowest BCUT2D eigenvalue weighted by Crippen LogP contribution is -2.46. The normalized spacial score (nSPS) is 21.5. The Kier molecular flexibility index (Phi) is 3.79. The van der Waals surface area contributed by atoms with Gasteiger partial charge in [0, 0.05) is 44.1 Å². The molecule has 0 atom stereocenters. The first-order valence-electron chi connectivity index (χ1n) is 6.68. The fourth-order valence-corrected chi connectivity index (χ4v) is 3.21. The molecular weight excluding hydrogens is 262 g/mol. The monoisotopic (exact) mass is 281 g/mol. The molecule has 0 radical (unpaired) electrons. The molecule has 3 N–H and O–H groups in total. The lowest BCUT2D eigenvalue weighted by molar-refractivity contribution is 0.0952. The minimum Gasteiger partial charge on any atom is -0.298 e. The summed E-state index contributed by atoms with van der Waals surface area (Å²) < 4.78 is 0. The van der Waals surface area contributed by atoms with Crippen LogP contribution in [-0.4, -0.2) is 52.9 Å². The van der Waals surface area contributed by atoms with Crippen molar-refractivity contribution in [2.75, 3.05) is 26.2 Å². The zero-order valence-electron chi connectivity index (χ0n) is 10.8. The number of nitrogens with two attached hydrogens (primary N) is 1. The van der Waals surface area contributed by atoms with Gasteiger partial charge in [-0.2, -0.15) is 0 Å². The van der Waals surface area contributed by atoms with E-state index in [2.05, 4.69) is 20.2 Å². The van der Waals surface area contributed by atoms with Crippen molar-refractivity contribution in [3.63, 3.8) is 0 Å². The minimum absolute atomic E-state index is 0.310. The number of amides is 1. The molecule has 7 heteroatoms. The molecule has 2 aliphatic rings. The van der Waals surface area contributed by atoms with E-state index < -0.39 is 0 Å². The number of hydrogen-bond acceptors (Lipinski definition) is 6. The summed E-state index contributed by atoms with van der Waals surface area (Å²) in [7, 11) is 0. The minimum atomic E-state index is -0.310. The topological polar surface area (TPSA) is 74.5 Å². The van der Waals surface area contributed by atoms with E-state index in [0.29, 0.717) is 5.01 Å². The maximum atomic E-state index is 11.3. The number of thiazole rings is 1. The molecule has 104 valence electrons. The summed E-state index contributed by atoms with van der Waals surface area (Å²) in [5.74, 6) is 4.79. The SMILES string of the molecule is NNC(=O)c1nc(CN2CCN(C3CC3)CC2)cs1. The number of nitrogen functional groups attached to an aromatic ring is 1. The molecule has 1 aliphatic carbocycles. The van der Waals surface area contributed by atoms with E-state index >= 15 is 0 Å². The second-order valence-corrected chi connectivity index (χ2v) is 6.02. The molecular formula is C12H19N5OS. The molecule has 3 rings (SSSR count). The van der Waals surface area contributed by atoms with Crippen LogP contribution < -0.4 is 11.3 Å². The molecule has 1 amide bonds. The van der Waals surface area contributed by atoms with Crippen molar-refractivity contribution in [3.8, 4) is 0 Å². The molecule has 6 nitrogen and oxygen atoms in total. The molecule has 1 saturated carbocycles. The van der Waals surface area contributed by atoms with E-state index in [9.17, 15) is 4.79 Å². The smallest absolute Gasteiger partial charge is 0.294 e. The maximum absolute atomic E-state index is 11.3. The number of hydrogen-bond donors (Lipinski definition) is 2. The molecule has 19 heavy (non-hydrogen) atoms. The van der Waals surface area contributed by atoms with Crippen LogP contribution in [0.15, 0.2) is 5.38 Å². The van der Waals surface area contributed by atoms with Crippen LogP contribution in [-0.2, 0) is 6.54 Å². The highest BCUT2D eigenvalue weighted by Crippen LogP contribution is 2.27. The Morgan fingerprint density at radius 1 is 1.42 bits per heavy atom. The highest BCUT2D eigenvalue weighted by molar-refractivity contribution is 7.11. The molecule has 0 unspecified atom stereocenters. The van der Waals surface area contributed by atoms with Crippen LogP contribution in [0.2, 0.25) is 0 Å². The number of carbonyl (C=O) groups is 1. The number of hydrazine groups is 1. The lowest BCUT2D eigenvalue weighted by atomic mass is 10.3. The number of nitrogens with zero attached hydrogens (tertiary/aromatic N) is 3. The van der Waals surface area contributed by atoms with Gasteiger partial charge in [-0.3, -0.25) is 20.0 Å². The van der Waals surface area contributed by atoms with Gasteiger partial charge in [0.25, 0.3) is 5.91 Å². The highest BCUT2D eigenvalue weighted by atomic mass is 32.1. The highest BCUT2D eigenvalue weighted by Gasteiger charge is 2.31. The Labute approximate surface area is 116 Å². The first-order chi connectivity index (χ1) is 9.26. The van der Waals surface area contributed by atoms with Gasteiger partial charge < -0.3 is 0 Å². The van der Waals surface area contributed by atoms with Crippen molar-refractivity contribution < 1.29 is 4.79 Å². The molecule has 1 aliphatic heterocycles. The zero-order chi connectivity index (χ0) is 13.2. The van der Waals surface area contributed by atoms with Crippen LogP contribution in [0, 0.1) is 0 Å². The Morgan fingerprint density at radius 2 is 2.16 bits per heavy atom. The van der Waals surface area contributed by atoms with Crippen molar-refractivity contribution in [1.82, 2.24) is 20.2 Å². The summed E-state index contributed by atoms with van der Waals surface area (Å²) in [6.07, 6.45) is 2.76. The summed E-state index contributed by atoms with van der Waals surface area (Å²) in [6.45, 7) is 5.32. The number of nitrogens with one attached hydrogen (secondary N) is 1. The van der Waals surface area contributed by atoms with Gasteiger partial charge in [0.15, 0.2) is 5.01 Å². The third kappa shape index (κ3) is 3.11. The summed E-state index contributed by atoms with van der Waals surface area (Å²) in [5.41, 5.74) is 3.07. The van der Waals surface area contributed by atoms with Gasteiger partial charge in [0.05, 0.1) is 5.69 Å². The molecule has 0 aromatic carbocycles. The summed E-state index contributed by atoms with van der Waals surface area (Å²) in [5, 5.41) is 2.38. The molecule has 2 fully saturated rings. The van der Waals surface area contributed by atoms with Gasteiger partial charge in [0.1, 0.15) is 0 Å². The third-order valence-corrected chi connectivity index (χ3v) is 4.62. The number of piperazine rings is 1. The van der Waals surface area contributed by atoms with Crippen molar-refractivity contribution in [2.45, 2.75) is 25.4 Å². The zero-order valence-corrected chi connectivity index (χ0v) is 11.7. The Hall–Kier alpha value is -1.02. The number of aromatic nitrogens is 1. The number of carbonyl (C=O) groups excluding carboxylic acids is 1. The van der Waals surface area contributed by atoms with Crippen LogP contribution in [0.25, 0.3) is 0 Å². The van der Waals surface area contributed by atoms with Gasteiger partial charge in [-0.15, -0.1) is 11.3 Å². The van der Waals surface area contributed by atoms with Gasteiger partial charge in [-0.25, -0.2) is 10.8 Å². The van der Waals surface area contributed by atoms with E-state index in [1.54, 1.807) is 0 Å². The van der Waals surface area contributed by atoms with Gasteiger partial charge >= 0.3 is 0 Å². The molecule has 0 bridgehead atoms. The van der Waals surface area contributed by atoms with Crippen LogP contribution >= 0.6 is 11.3 Å². The molecule has 1 aromatic rings. The van der Waals surface area contributed by atoms with Crippen molar-refractivity contribution in [3.05, 3.63) is 16.1 Å². The third-order valence-electron chi connectivity index (χ3n) is 3.73. The van der Waals surface area contributed by atoms with Gasteiger partial charge in [0.2, 0.25) is 0 Å². The second kappa shape index (κ2) is 5.54. The van der Waals surface area contributed by atoms with E-state index in [0.717, 1.165) is 44.5 Å². The quantitative estimate of drug-likeness (QED) is 0.462. The van der Waals surface area contributed by atoms with Crippen LogP contribution in [0.4, 0.5) is 0 Å². The van der Waals surface area contributed by atoms with Crippen LogP contribution in [0.3, 0.4) is 0 Å². The average molecular weight is 281 g/mol. The lowest BCUT2D eigenvalue weighted by Gasteiger charge is -2.34. The largest absolute Gasteiger partial charge is 0.298 e. The van der Waals surface area contributed by atoms with E-state index in [4.69, 9.17) is 5.84 Å². The molecule has 1 aromatic heterocycles. The fraction of sp³-hybridized carbons (Fsp3) is 0.667. The summed E-state index contributed by atoms with van der Waals surface area (Å²) >= 11 is 1.35. The van der Waals surface area contributed by atoms with Crippen LogP contribution in [0.5, 0.6) is 0 Å². The summed E-state index contributed by atoms with van der Waals surface area (Å²) in [4.78, 5) is 20.6. The second-order valence-electron chi connectivity index (χ2n) is 5.16. The van der Waals surface area contributed by atoms with Crippen molar-refractivity contribution in [1.29, 1.82) is 0 Å². The predicted octanol–water partition coefficient (Wildman–Crippen LogP) is 0.0266. The predicted molar refractivity (Wildman–Crippen MR) is 73.6 cm³/mol. The molecule has 1 saturated heterocycles. The summed E-state index contributed by atoms with van der Waals surface area (Å²) in [6, 6.07) is 0.862. The Bertz CT molecular complexity index is 451. The van der Waals surface area contributed by atoms with E-state index in [1.165, 1.54) is 24.2 Å². The Balaban J connectivity index is 1.51. The first-order valence-corrected chi connectivity index (χ1v) is 7.56. The van der Waals surface area contributed by atoms with E-state index in [-0.39, 0.29) is 5.91 Å². The van der Waals surface area contributed by atoms with E-state index in [1.807, 2.05) is 5.38 Å². The maximum Gasteiger partial charge on any atom is 0.294 e. The molecule has 2 heterocycles. The molecule has 0 spiro atoms. The standard InChI is InChI=1S/C12H19N5OS/c13-15-11(18)12-14-9(8-19-12)7-16-3-5-17(6-4-16)10-1-2-10/h8,10H,1-7,13H2,(H,15,18). The first kappa shape index (κ1) is 13.0.